The van der Waals surface area contributed by atoms with Crippen molar-refractivity contribution in [1.82, 2.24) is 4.90 Å². The Morgan fingerprint density at radius 1 is 1.33 bits per heavy atom. The molecule has 21 heavy (non-hydrogen) atoms. The van der Waals surface area contributed by atoms with E-state index in [2.05, 4.69) is 0 Å². The fourth-order valence-electron chi connectivity index (χ4n) is 1.79. The summed E-state index contributed by atoms with van der Waals surface area (Å²) in [7, 11) is 1.63. The lowest BCUT2D eigenvalue weighted by molar-refractivity contribution is -0.125. The van der Waals surface area contributed by atoms with Gasteiger partial charge in [0.25, 0.3) is 0 Å². The molecule has 1 N–H and O–H groups in total. The Hall–Kier alpha value is -1.98. The summed E-state index contributed by atoms with van der Waals surface area (Å²) < 4.78 is 13.7. The van der Waals surface area contributed by atoms with Crippen molar-refractivity contribution in [2.24, 2.45) is 0 Å². The minimum atomic E-state index is -0.256. The normalized spacial score (nSPS) is 11.0. The number of thiophene rings is 1. The van der Waals surface area contributed by atoms with E-state index in [9.17, 15) is 9.18 Å². The van der Waals surface area contributed by atoms with Crippen LogP contribution >= 0.6 is 11.3 Å². The minimum absolute atomic E-state index is 0.0630. The molecule has 0 spiro atoms. The van der Waals surface area contributed by atoms with Crippen molar-refractivity contribution in [1.29, 1.82) is 0 Å². The van der Waals surface area contributed by atoms with E-state index in [1.165, 1.54) is 28.4 Å². The highest BCUT2D eigenvalue weighted by Gasteiger charge is 2.07. The zero-order valence-corrected chi connectivity index (χ0v) is 12.4. The third-order valence-corrected chi connectivity index (χ3v) is 4.05. The average molecular weight is 305 g/mol. The Morgan fingerprint density at radius 3 is 2.81 bits per heavy atom. The molecule has 0 fully saturated rings. The number of rotatable bonds is 5. The number of amides is 1. The van der Waals surface area contributed by atoms with Crippen molar-refractivity contribution >= 4 is 23.3 Å². The first-order valence-corrected chi connectivity index (χ1v) is 7.32. The highest BCUT2D eigenvalue weighted by molar-refractivity contribution is 7.16. The largest absolute Gasteiger partial charge is 0.395 e. The van der Waals surface area contributed by atoms with Gasteiger partial charge in [-0.1, -0.05) is 18.2 Å². The van der Waals surface area contributed by atoms with Crippen molar-refractivity contribution in [3.63, 3.8) is 0 Å². The van der Waals surface area contributed by atoms with Crippen LogP contribution in [0.15, 0.2) is 42.5 Å². The molecule has 0 aliphatic heterocycles. The molecule has 110 valence electrons. The summed E-state index contributed by atoms with van der Waals surface area (Å²) in [5.74, 6) is -0.432. The molecule has 0 radical (unpaired) electrons. The van der Waals surface area contributed by atoms with Crippen molar-refractivity contribution < 1.29 is 14.3 Å². The Bertz CT molecular complexity index is 651. The van der Waals surface area contributed by atoms with Crippen LogP contribution in [0.2, 0.25) is 0 Å². The molecule has 0 unspecified atom stereocenters. The summed E-state index contributed by atoms with van der Waals surface area (Å²) in [4.78, 5) is 14.8. The molecule has 0 bridgehead atoms. The van der Waals surface area contributed by atoms with Gasteiger partial charge in [0.05, 0.1) is 6.61 Å². The SMILES string of the molecule is CN(CCO)C(=O)/C=C/c1ccc(-c2ccccc2F)s1. The van der Waals surface area contributed by atoms with E-state index in [-0.39, 0.29) is 18.3 Å². The fraction of sp³-hybridized carbons (Fsp3) is 0.188. The minimum Gasteiger partial charge on any atom is -0.395 e. The number of hydrogen-bond acceptors (Lipinski definition) is 3. The van der Waals surface area contributed by atoms with Gasteiger partial charge in [-0.15, -0.1) is 11.3 Å². The van der Waals surface area contributed by atoms with Gasteiger partial charge in [-0.05, 0) is 24.3 Å². The lowest BCUT2D eigenvalue weighted by atomic mass is 10.2. The lowest BCUT2D eigenvalue weighted by Gasteiger charge is -2.12. The van der Waals surface area contributed by atoms with Gasteiger partial charge in [-0.3, -0.25) is 4.79 Å². The van der Waals surface area contributed by atoms with Gasteiger partial charge in [0, 0.05) is 35.0 Å². The van der Waals surface area contributed by atoms with Gasteiger partial charge < -0.3 is 10.0 Å². The number of benzene rings is 1. The Morgan fingerprint density at radius 2 is 2.10 bits per heavy atom. The number of carbonyl (C=O) groups is 1. The van der Waals surface area contributed by atoms with Crippen LogP contribution in [0.3, 0.4) is 0 Å². The maximum Gasteiger partial charge on any atom is 0.246 e. The molecule has 0 saturated carbocycles. The number of likely N-dealkylation sites (N-methyl/N-ethyl adjacent to an activating group) is 1. The Balaban J connectivity index is 2.11. The first-order valence-electron chi connectivity index (χ1n) is 6.50. The van der Waals surface area contributed by atoms with E-state index >= 15 is 0 Å². The zero-order valence-electron chi connectivity index (χ0n) is 11.6. The van der Waals surface area contributed by atoms with Crippen molar-refractivity contribution in [2.45, 2.75) is 0 Å². The average Bonchev–Trinajstić information content (AvgIpc) is 2.94. The quantitative estimate of drug-likeness (QED) is 0.863. The maximum absolute atomic E-state index is 13.7. The second-order valence-electron chi connectivity index (χ2n) is 4.50. The molecule has 0 aliphatic carbocycles. The van der Waals surface area contributed by atoms with Crippen LogP contribution in [-0.4, -0.2) is 36.1 Å². The molecule has 0 aliphatic rings. The summed E-state index contributed by atoms with van der Waals surface area (Å²) in [5, 5.41) is 8.77. The van der Waals surface area contributed by atoms with Crippen LogP contribution in [-0.2, 0) is 4.79 Å². The van der Waals surface area contributed by atoms with E-state index in [4.69, 9.17) is 5.11 Å². The molecule has 2 rings (SSSR count). The third-order valence-electron chi connectivity index (χ3n) is 2.97. The van der Waals surface area contributed by atoms with E-state index in [0.29, 0.717) is 12.1 Å². The van der Waals surface area contributed by atoms with E-state index in [1.54, 1.807) is 31.3 Å². The van der Waals surface area contributed by atoms with Crippen LogP contribution in [0.5, 0.6) is 0 Å². The monoisotopic (exact) mass is 305 g/mol. The number of hydrogen-bond donors (Lipinski definition) is 1. The number of carbonyl (C=O) groups excluding carboxylic acids is 1. The molecule has 5 heteroatoms. The highest BCUT2D eigenvalue weighted by Crippen LogP contribution is 2.30. The predicted molar refractivity (Wildman–Crippen MR) is 83.5 cm³/mol. The smallest absolute Gasteiger partial charge is 0.246 e. The van der Waals surface area contributed by atoms with Crippen molar-refractivity contribution in [3.05, 3.63) is 53.2 Å². The summed E-state index contributed by atoms with van der Waals surface area (Å²) in [6, 6.07) is 10.3. The van der Waals surface area contributed by atoms with Gasteiger partial charge >= 0.3 is 0 Å². The summed E-state index contributed by atoms with van der Waals surface area (Å²) in [5.41, 5.74) is 0.561. The molecule has 0 saturated heterocycles. The summed E-state index contributed by atoms with van der Waals surface area (Å²) in [6.45, 7) is 0.237. The summed E-state index contributed by atoms with van der Waals surface area (Å²) in [6.07, 6.45) is 3.15. The van der Waals surface area contributed by atoms with Crippen molar-refractivity contribution in [2.75, 3.05) is 20.2 Å². The van der Waals surface area contributed by atoms with Crippen LogP contribution in [0.4, 0.5) is 4.39 Å². The zero-order chi connectivity index (χ0) is 15.2. The second-order valence-corrected chi connectivity index (χ2v) is 5.61. The second kappa shape index (κ2) is 7.15. The third kappa shape index (κ3) is 4.00. The molecular formula is C16H16FNO2S. The van der Waals surface area contributed by atoms with Crippen LogP contribution in [0.25, 0.3) is 16.5 Å². The maximum atomic E-state index is 13.7. The topological polar surface area (TPSA) is 40.5 Å². The first-order chi connectivity index (χ1) is 10.1. The molecule has 1 heterocycles. The molecule has 1 aromatic heterocycles. The van der Waals surface area contributed by atoms with Gasteiger partial charge in [0.1, 0.15) is 5.82 Å². The lowest BCUT2D eigenvalue weighted by Crippen LogP contribution is -2.27. The van der Waals surface area contributed by atoms with Crippen LogP contribution in [0.1, 0.15) is 4.88 Å². The van der Waals surface area contributed by atoms with Crippen LogP contribution < -0.4 is 0 Å². The van der Waals surface area contributed by atoms with Crippen molar-refractivity contribution in [3.8, 4) is 10.4 Å². The molecular weight excluding hydrogens is 289 g/mol. The van der Waals surface area contributed by atoms with Gasteiger partial charge in [0.2, 0.25) is 5.91 Å². The predicted octanol–water partition coefficient (Wildman–Crippen LogP) is 3.02. The molecule has 2 aromatic rings. The first kappa shape index (κ1) is 15.4. The fourth-order valence-corrected chi connectivity index (χ4v) is 2.73. The molecule has 3 nitrogen and oxygen atoms in total. The highest BCUT2D eigenvalue weighted by atomic mass is 32.1. The van der Waals surface area contributed by atoms with E-state index in [0.717, 1.165) is 9.75 Å². The molecule has 0 atom stereocenters. The van der Waals surface area contributed by atoms with Gasteiger partial charge in [-0.25, -0.2) is 4.39 Å². The van der Waals surface area contributed by atoms with Gasteiger partial charge in [0.15, 0.2) is 0 Å². The van der Waals surface area contributed by atoms with E-state index in [1.807, 2.05) is 12.1 Å². The van der Waals surface area contributed by atoms with Crippen LogP contribution in [0, 0.1) is 5.82 Å². The number of nitrogens with zero attached hydrogens (tertiary/aromatic N) is 1. The number of halogens is 1. The Kier molecular flexibility index (Phi) is 5.25. The van der Waals surface area contributed by atoms with Gasteiger partial charge in [-0.2, -0.15) is 0 Å². The number of aliphatic hydroxyl groups excluding tert-OH is 1. The standard InChI is InChI=1S/C16H16FNO2S/c1-18(10-11-19)16(20)9-7-12-6-8-15(21-12)13-4-2-3-5-14(13)17/h2-9,19H,10-11H2,1H3/b9-7+. The Labute approximate surface area is 127 Å². The number of aliphatic hydroxyl groups is 1. The molecule has 1 aromatic carbocycles. The van der Waals surface area contributed by atoms with E-state index < -0.39 is 0 Å². The summed E-state index contributed by atoms with van der Waals surface area (Å²) >= 11 is 1.42. The molecule has 1 amide bonds.